The van der Waals surface area contributed by atoms with Crippen molar-refractivity contribution < 1.29 is 27.5 Å². The molecule has 0 aliphatic carbocycles. The van der Waals surface area contributed by atoms with Gasteiger partial charge in [0.1, 0.15) is 0 Å². The zero-order valence-corrected chi connectivity index (χ0v) is 14.8. The molecule has 0 atom stereocenters. The number of carbonyl (C=O) groups excluding carboxylic acids is 2. The smallest absolute Gasteiger partial charge is 0.416 e. The third-order valence-corrected chi connectivity index (χ3v) is 3.78. The van der Waals surface area contributed by atoms with E-state index >= 15 is 0 Å². The van der Waals surface area contributed by atoms with Crippen LogP contribution in [0.1, 0.15) is 26.4 Å². The Labute approximate surface area is 161 Å². The number of amides is 1. The molecule has 148 valence electrons. The van der Waals surface area contributed by atoms with E-state index in [1.807, 2.05) is 0 Å². The number of anilines is 1. The fraction of sp³-hybridized carbons (Fsp3) is 0.111. The maximum absolute atomic E-state index is 13.0. The number of methoxy groups -OCH3 is 1. The van der Waals surface area contributed by atoms with Crippen LogP contribution in [0.5, 0.6) is 0 Å². The molecule has 3 aromatic rings. The lowest BCUT2D eigenvalue weighted by molar-refractivity contribution is -0.137. The van der Waals surface area contributed by atoms with Gasteiger partial charge in [-0.1, -0.05) is 0 Å². The maximum Gasteiger partial charge on any atom is 0.416 e. The molecule has 1 N–H and O–H groups in total. The molecule has 2 heterocycles. The highest BCUT2D eigenvalue weighted by atomic mass is 19.4. The summed E-state index contributed by atoms with van der Waals surface area (Å²) in [5, 5.41) is 17.3. The lowest BCUT2D eigenvalue weighted by atomic mass is 10.1. The summed E-state index contributed by atoms with van der Waals surface area (Å²) < 4.78 is 43.5. The average molecular weight is 403 g/mol. The lowest BCUT2D eigenvalue weighted by Crippen LogP contribution is -2.18. The van der Waals surface area contributed by atoms with Gasteiger partial charge in [0, 0.05) is 5.56 Å². The molecule has 0 aliphatic rings. The summed E-state index contributed by atoms with van der Waals surface area (Å²) in [5.74, 6) is -1.75. The number of rotatable bonds is 4. The molecular formula is C18H12F3N5O3. The molecule has 0 spiro atoms. The van der Waals surface area contributed by atoms with Crippen LogP contribution in [-0.2, 0) is 10.9 Å². The Balaban J connectivity index is 1.88. The van der Waals surface area contributed by atoms with E-state index in [2.05, 4.69) is 30.4 Å². The molecule has 2 aromatic heterocycles. The van der Waals surface area contributed by atoms with Crippen LogP contribution >= 0.6 is 0 Å². The van der Waals surface area contributed by atoms with E-state index in [0.29, 0.717) is 17.3 Å². The maximum atomic E-state index is 13.0. The average Bonchev–Trinajstić information content (AvgIpc) is 2.73. The normalized spacial score (nSPS) is 11.0. The highest BCUT2D eigenvalue weighted by molar-refractivity contribution is 6.07. The minimum atomic E-state index is -4.66. The fourth-order valence-electron chi connectivity index (χ4n) is 2.35. The number of alkyl halides is 3. The number of aromatic nitrogens is 4. The third-order valence-electron chi connectivity index (χ3n) is 3.78. The second kappa shape index (κ2) is 8.00. The van der Waals surface area contributed by atoms with Crippen molar-refractivity contribution in [1.82, 2.24) is 20.4 Å². The highest BCUT2D eigenvalue weighted by Gasteiger charge is 2.32. The number of nitrogens with one attached hydrogen (secondary N) is 1. The van der Waals surface area contributed by atoms with Crippen molar-refractivity contribution in [3.8, 4) is 11.3 Å². The van der Waals surface area contributed by atoms with Gasteiger partial charge in [0.15, 0.2) is 5.69 Å². The van der Waals surface area contributed by atoms with Gasteiger partial charge in [-0.25, -0.2) is 4.79 Å². The molecule has 0 aliphatic heterocycles. The third kappa shape index (κ3) is 4.51. The van der Waals surface area contributed by atoms with Gasteiger partial charge in [0.25, 0.3) is 5.91 Å². The summed E-state index contributed by atoms with van der Waals surface area (Å²) >= 11 is 0. The highest BCUT2D eigenvalue weighted by Crippen LogP contribution is 2.32. The molecule has 29 heavy (non-hydrogen) atoms. The van der Waals surface area contributed by atoms with Crippen molar-refractivity contribution in [1.29, 1.82) is 0 Å². The lowest BCUT2D eigenvalue weighted by Gasteiger charge is -2.13. The van der Waals surface area contributed by atoms with Gasteiger partial charge in [0.05, 0.1) is 42.0 Å². The fourth-order valence-corrected chi connectivity index (χ4v) is 2.35. The summed E-state index contributed by atoms with van der Waals surface area (Å²) in [6.45, 7) is 0. The van der Waals surface area contributed by atoms with Crippen LogP contribution in [0.4, 0.5) is 18.9 Å². The summed E-state index contributed by atoms with van der Waals surface area (Å²) in [7, 11) is 1.07. The molecule has 0 saturated heterocycles. The van der Waals surface area contributed by atoms with Crippen molar-refractivity contribution in [2.45, 2.75) is 6.18 Å². The van der Waals surface area contributed by atoms with Gasteiger partial charge in [-0.2, -0.15) is 23.4 Å². The minimum absolute atomic E-state index is 0.163. The Bertz CT molecular complexity index is 1040. The number of halogens is 3. The molecule has 0 unspecified atom stereocenters. The first-order chi connectivity index (χ1) is 13.8. The number of benzene rings is 1. The quantitative estimate of drug-likeness (QED) is 0.668. The van der Waals surface area contributed by atoms with E-state index in [1.165, 1.54) is 24.5 Å². The molecule has 1 amide bonds. The summed E-state index contributed by atoms with van der Waals surface area (Å²) in [5.41, 5.74) is -0.755. The van der Waals surface area contributed by atoms with E-state index < -0.39 is 23.6 Å². The standard InChI is InChI=1S/C18H12F3N5O3/c1-29-17(28)12-3-2-11(18(19,20)21)8-15(12)24-16(27)14-5-4-13(25-26-14)10-6-7-22-23-9-10/h2-9H,1H3,(H,24,27). The monoisotopic (exact) mass is 403 g/mol. The second-order valence-corrected chi connectivity index (χ2v) is 5.64. The van der Waals surface area contributed by atoms with Gasteiger partial charge in [-0.3, -0.25) is 4.79 Å². The topological polar surface area (TPSA) is 107 Å². The molecule has 0 radical (unpaired) electrons. The van der Waals surface area contributed by atoms with E-state index in [4.69, 9.17) is 0 Å². The Morgan fingerprint density at radius 3 is 2.41 bits per heavy atom. The number of ether oxygens (including phenoxy) is 1. The van der Waals surface area contributed by atoms with Crippen LogP contribution in [0.15, 0.2) is 48.8 Å². The minimum Gasteiger partial charge on any atom is -0.465 e. The molecule has 8 nitrogen and oxygen atoms in total. The summed E-state index contributed by atoms with van der Waals surface area (Å²) in [4.78, 5) is 24.2. The zero-order valence-electron chi connectivity index (χ0n) is 14.8. The van der Waals surface area contributed by atoms with E-state index in [1.54, 1.807) is 6.07 Å². The Morgan fingerprint density at radius 2 is 1.83 bits per heavy atom. The number of carbonyl (C=O) groups is 2. The van der Waals surface area contributed by atoms with Gasteiger partial charge in [-0.05, 0) is 36.4 Å². The number of esters is 1. The predicted molar refractivity (Wildman–Crippen MR) is 93.8 cm³/mol. The van der Waals surface area contributed by atoms with Crippen LogP contribution in [0.2, 0.25) is 0 Å². The van der Waals surface area contributed by atoms with Gasteiger partial charge in [-0.15, -0.1) is 10.2 Å². The van der Waals surface area contributed by atoms with Crippen LogP contribution < -0.4 is 5.32 Å². The van der Waals surface area contributed by atoms with Gasteiger partial charge >= 0.3 is 12.1 Å². The molecule has 3 rings (SSSR count). The van der Waals surface area contributed by atoms with Crippen LogP contribution in [0.3, 0.4) is 0 Å². The van der Waals surface area contributed by atoms with E-state index in [-0.39, 0.29) is 16.9 Å². The van der Waals surface area contributed by atoms with E-state index in [9.17, 15) is 22.8 Å². The first kappa shape index (κ1) is 19.9. The summed E-state index contributed by atoms with van der Waals surface area (Å²) in [6.07, 6.45) is -1.75. The number of hydrogen-bond donors (Lipinski definition) is 1. The number of hydrogen-bond acceptors (Lipinski definition) is 7. The first-order valence-electron chi connectivity index (χ1n) is 8.01. The molecule has 1 aromatic carbocycles. The van der Waals surface area contributed by atoms with Crippen LogP contribution in [0.25, 0.3) is 11.3 Å². The molecule has 0 fully saturated rings. The zero-order chi connectivity index (χ0) is 21.0. The van der Waals surface area contributed by atoms with Crippen molar-refractivity contribution in [2.24, 2.45) is 0 Å². The number of nitrogens with zero attached hydrogens (tertiary/aromatic N) is 4. The van der Waals surface area contributed by atoms with Crippen molar-refractivity contribution in [2.75, 3.05) is 12.4 Å². The molecule has 0 bridgehead atoms. The van der Waals surface area contributed by atoms with Crippen molar-refractivity contribution in [3.05, 3.63) is 65.6 Å². The van der Waals surface area contributed by atoms with Crippen LogP contribution in [0, 0.1) is 0 Å². The Hall–Kier alpha value is -3.89. The predicted octanol–water partition coefficient (Wildman–Crippen LogP) is 2.99. The van der Waals surface area contributed by atoms with Gasteiger partial charge in [0.2, 0.25) is 0 Å². The van der Waals surface area contributed by atoms with Crippen LogP contribution in [-0.4, -0.2) is 39.4 Å². The molecular weight excluding hydrogens is 391 g/mol. The second-order valence-electron chi connectivity index (χ2n) is 5.64. The first-order valence-corrected chi connectivity index (χ1v) is 8.01. The molecule has 11 heteroatoms. The van der Waals surface area contributed by atoms with E-state index in [0.717, 1.165) is 19.2 Å². The Kier molecular flexibility index (Phi) is 5.48. The van der Waals surface area contributed by atoms with Crippen molar-refractivity contribution in [3.63, 3.8) is 0 Å². The Morgan fingerprint density at radius 1 is 1.03 bits per heavy atom. The van der Waals surface area contributed by atoms with Gasteiger partial charge < -0.3 is 10.1 Å². The SMILES string of the molecule is COC(=O)c1ccc(C(F)(F)F)cc1NC(=O)c1ccc(-c2ccnnc2)nn1. The van der Waals surface area contributed by atoms with Crippen molar-refractivity contribution >= 4 is 17.6 Å². The molecule has 0 saturated carbocycles. The largest absolute Gasteiger partial charge is 0.465 e. The summed E-state index contributed by atoms with van der Waals surface area (Å²) in [6, 6.07) is 6.77.